The molecule has 0 radical (unpaired) electrons. The Morgan fingerprint density at radius 2 is 1.67 bits per heavy atom. The third-order valence-corrected chi connectivity index (χ3v) is 7.75. The molecule has 1 aromatic heterocycles. The van der Waals surface area contributed by atoms with E-state index in [0.717, 1.165) is 10.2 Å². The van der Waals surface area contributed by atoms with Crippen LogP contribution in [0.25, 0.3) is 10.2 Å². The first-order valence-corrected chi connectivity index (χ1v) is 14.1. The number of thiazole rings is 1. The lowest BCUT2D eigenvalue weighted by molar-refractivity contribution is -0.120. The Balaban J connectivity index is 1.18. The van der Waals surface area contributed by atoms with Gasteiger partial charge in [0.05, 0.1) is 16.8 Å². The average Bonchev–Trinajstić information content (AvgIpc) is 3.69. The smallest absolute Gasteiger partial charge is 0.259 e. The van der Waals surface area contributed by atoms with Crippen LogP contribution in [0.4, 0.5) is 20.9 Å². The van der Waals surface area contributed by atoms with Crippen molar-refractivity contribution in [1.29, 1.82) is 0 Å². The number of para-hydroxylation sites is 1. The van der Waals surface area contributed by atoms with Crippen LogP contribution < -0.4 is 15.5 Å². The standard InChI is InChI=1S/C31H22ClFN4O4S/c32-20-4-3-5-22(16-20)34-29(39)26-27(41-26)30(40)37(17-18-8-12-21(33)13-9-18)23-14-10-19(11-15-23)28(38)36-31-35-24-6-1-2-7-25(24)42-31/h1-16,26-27H,17H2,(H,34,39)(H,35,36,38)/t26-,27-/m0/s1. The second-order valence-electron chi connectivity index (χ2n) is 9.52. The van der Waals surface area contributed by atoms with E-state index in [4.69, 9.17) is 16.3 Å². The van der Waals surface area contributed by atoms with Gasteiger partial charge in [-0.05, 0) is 72.3 Å². The number of nitrogens with one attached hydrogen (secondary N) is 2. The van der Waals surface area contributed by atoms with E-state index in [1.165, 1.54) is 28.4 Å². The molecule has 210 valence electrons. The zero-order chi connectivity index (χ0) is 29.2. The van der Waals surface area contributed by atoms with E-state index < -0.39 is 29.8 Å². The van der Waals surface area contributed by atoms with Crippen LogP contribution >= 0.6 is 22.9 Å². The van der Waals surface area contributed by atoms with Crippen molar-refractivity contribution >= 4 is 67.4 Å². The summed E-state index contributed by atoms with van der Waals surface area (Å²) in [6, 6.07) is 26.5. The minimum Gasteiger partial charge on any atom is -0.349 e. The quantitative estimate of drug-likeness (QED) is 0.204. The maximum absolute atomic E-state index is 13.6. The van der Waals surface area contributed by atoms with E-state index in [1.54, 1.807) is 60.7 Å². The summed E-state index contributed by atoms with van der Waals surface area (Å²) >= 11 is 7.36. The van der Waals surface area contributed by atoms with Gasteiger partial charge in [0, 0.05) is 22.0 Å². The molecular formula is C31H22ClFN4O4S. The topological polar surface area (TPSA) is 104 Å². The molecule has 42 heavy (non-hydrogen) atoms. The lowest BCUT2D eigenvalue weighted by atomic mass is 10.1. The zero-order valence-corrected chi connectivity index (χ0v) is 23.4. The number of carbonyl (C=O) groups excluding carboxylic acids is 3. The Kier molecular flexibility index (Phi) is 7.66. The number of rotatable bonds is 8. The van der Waals surface area contributed by atoms with Crippen molar-refractivity contribution in [3.63, 3.8) is 0 Å². The largest absolute Gasteiger partial charge is 0.349 e. The summed E-state index contributed by atoms with van der Waals surface area (Å²) in [7, 11) is 0. The van der Waals surface area contributed by atoms with Crippen molar-refractivity contribution in [2.24, 2.45) is 0 Å². The predicted octanol–water partition coefficient (Wildman–Crippen LogP) is 6.28. The Labute approximate surface area is 248 Å². The number of benzene rings is 4. The molecule has 0 saturated carbocycles. The second kappa shape index (κ2) is 11.7. The van der Waals surface area contributed by atoms with Crippen molar-refractivity contribution in [1.82, 2.24) is 4.98 Å². The first-order valence-electron chi connectivity index (χ1n) is 12.9. The molecule has 0 spiro atoms. The Morgan fingerprint density at radius 3 is 2.40 bits per heavy atom. The van der Waals surface area contributed by atoms with Gasteiger partial charge >= 0.3 is 0 Å². The molecule has 2 atom stereocenters. The van der Waals surface area contributed by atoms with Crippen molar-refractivity contribution in [2.75, 3.05) is 15.5 Å². The molecule has 6 rings (SSSR count). The maximum Gasteiger partial charge on any atom is 0.259 e. The number of carbonyl (C=O) groups is 3. The Bertz CT molecular complexity index is 1760. The van der Waals surface area contributed by atoms with Gasteiger partial charge in [-0.25, -0.2) is 9.37 Å². The molecule has 3 amide bonds. The molecule has 1 saturated heterocycles. The van der Waals surface area contributed by atoms with Gasteiger partial charge < -0.3 is 15.0 Å². The van der Waals surface area contributed by atoms with Crippen LogP contribution in [0.5, 0.6) is 0 Å². The fourth-order valence-electron chi connectivity index (χ4n) is 4.39. The Hall–Kier alpha value is -4.64. The summed E-state index contributed by atoms with van der Waals surface area (Å²) in [6.07, 6.45) is -1.99. The molecule has 5 aromatic rings. The van der Waals surface area contributed by atoms with Crippen LogP contribution in [0, 0.1) is 5.82 Å². The monoisotopic (exact) mass is 600 g/mol. The van der Waals surface area contributed by atoms with Gasteiger partial charge in [0.1, 0.15) is 5.82 Å². The lowest BCUT2D eigenvalue weighted by Gasteiger charge is -2.23. The number of ether oxygens (including phenoxy) is 1. The number of aromatic nitrogens is 1. The normalized spacial score (nSPS) is 15.7. The third kappa shape index (κ3) is 6.15. The van der Waals surface area contributed by atoms with E-state index >= 15 is 0 Å². The summed E-state index contributed by atoms with van der Waals surface area (Å²) in [5.74, 6) is -1.67. The molecule has 1 fully saturated rings. The molecular weight excluding hydrogens is 579 g/mol. The highest BCUT2D eigenvalue weighted by molar-refractivity contribution is 7.22. The summed E-state index contributed by atoms with van der Waals surface area (Å²) < 4.78 is 20.0. The van der Waals surface area contributed by atoms with Gasteiger partial charge in [-0.1, -0.05) is 53.3 Å². The minimum atomic E-state index is -1.01. The molecule has 1 aliphatic rings. The van der Waals surface area contributed by atoms with E-state index in [-0.39, 0.29) is 12.5 Å². The van der Waals surface area contributed by atoms with E-state index in [1.807, 2.05) is 24.3 Å². The number of epoxide rings is 1. The van der Waals surface area contributed by atoms with Crippen molar-refractivity contribution in [3.8, 4) is 0 Å². The predicted molar refractivity (Wildman–Crippen MR) is 160 cm³/mol. The highest BCUT2D eigenvalue weighted by Gasteiger charge is 2.52. The summed E-state index contributed by atoms with van der Waals surface area (Å²) in [5.41, 5.74) is 2.80. The van der Waals surface area contributed by atoms with Crippen LogP contribution in [-0.2, 0) is 20.9 Å². The van der Waals surface area contributed by atoms with Gasteiger partial charge in [0.2, 0.25) is 0 Å². The second-order valence-corrected chi connectivity index (χ2v) is 11.0. The molecule has 11 heteroatoms. The highest BCUT2D eigenvalue weighted by atomic mass is 35.5. The number of fused-ring (bicyclic) bond motifs is 1. The zero-order valence-electron chi connectivity index (χ0n) is 21.8. The molecule has 4 aromatic carbocycles. The number of anilines is 3. The molecule has 0 bridgehead atoms. The average molecular weight is 601 g/mol. The summed E-state index contributed by atoms with van der Waals surface area (Å²) in [4.78, 5) is 45.1. The van der Waals surface area contributed by atoms with Crippen molar-refractivity contribution < 1.29 is 23.5 Å². The first kappa shape index (κ1) is 27.5. The van der Waals surface area contributed by atoms with Crippen LogP contribution in [-0.4, -0.2) is 34.9 Å². The van der Waals surface area contributed by atoms with Crippen molar-refractivity contribution in [2.45, 2.75) is 18.8 Å². The van der Waals surface area contributed by atoms with Gasteiger partial charge in [0.15, 0.2) is 17.3 Å². The number of nitrogens with zero attached hydrogens (tertiary/aromatic N) is 2. The van der Waals surface area contributed by atoms with Crippen LogP contribution in [0.15, 0.2) is 97.1 Å². The lowest BCUT2D eigenvalue weighted by Crippen LogP contribution is -2.36. The van der Waals surface area contributed by atoms with E-state index in [2.05, 4.69) is 15.6 Å². The van der Waals surface area contributed by atoms with E-state index in [0.29, 0.717) is 32.7 Å². The number of hydrogen-bond acceptors (Lipinski definition) is 6. The van der Waals surface area contributed by atoms with Crippen molar-refractivity contribution in [3.05, 3.63) is 119 Å². The van der Waals surface area contributed by atoms with Crippen LogP contribution in [0.2, 0.25) is 5.02 Å². The minimum absolute atomic E-state index is 0.0961. The number of amides is 3. The van der Waals surface area contributed by atoms with Gasteiger partial charge in [-0.15, -0.1) is 0 Å². The summed E-state index contributed by atoms with van der Waals surface area (Å²) in [5, 5.41) is 6.45. The number of hydrogen-bond donors (Lipinski definition) is 2. The van der Waals surface area contributed by atoms with Gasteiger partial charge in [-0.2, -0.15) is 0 Å². The highest BCUT2D eigenvalue weighted by Crippen LogP contribution is 2.30. The molecule has 0 aliphatic carbocycles. The van der Waals surface area contributed by atoms with Gasteiger partial charge in [0.25, 0.3) is 17.7 Å². The molecule has 2 heterocycles. The SMILES string of the molecule is O=C(Nc1nc2ccccc2s1)c1ccc(N(Cc2ccc(F)cc2)C(=O)[C@H]2O[C@@H]2C(=O)Nc2cccc(Cl)c2)cc1. The Morgan fingerprint density at radius 1 is 0.905 bits per heavy atom. The summed E-state index contributed by atoms with van der Waals surface area (Å²) in [6.45, 7) is 0.0961. The fraction of sp³-hybridized carbons (Fsp3) is 0.0968. The maximum atomic E-state index is 13.6. The first-order chi connectivity index (χ1) is 20.3. The third-order valence-electron chi connectivity index (χ3n) is 6.56. The number of halogens is 2. The molecule has 0 unspecified atom stereocenters. The molecule has 2 N–H and O–H groups in total. The molecule has 1 aliphatic heterocycles. The van der Waals surface area contributed by atoms with E-state index in [9.17, 15) is 18.8 Å². The van der Waals surface area contributed by atoms with Gasteiger partial charge in [-0.3, -0.25) is 19.7 Å². The van der Waals surface area contributed by atoms with Crippen LogP contribution in [0.3, 0.4) is 0 Å². The van der Waals surface area contributed by atoms with Crippen LogP contribution in [0.1, 0.15) is 15.9 Å². The molecule has 8 nitrogen and oxygen atoms in total. The fourth-order valence-corrected chi connectivity index (χ4v) is 5.44.